The van der Waals surface area contributed by atoms with E-state index in [-0.39, 0.29) is 25.6 Å². The minimum absolute atomic E-state index is 0.0346. The summed E-state index contributed by atoms with van der Waals surface area (Å²) in [6.07, 6.45) is 42.5. The molecule has 0 rings (SSSR count). The molecule has 0 spiro atoms. The standard InChI is InChI=1S/C47H92NO8P/c1-6-8-10-12-14-16-18-20-22-23-24-25-26-28-30-32-34-36-38-40-47(50)56-45(44-55-57(51,52)54-42-41-48(3,4)5)43-53-46(49)39-37-35-33-31-29-27-21-19-17-15-13-11-9-7-2/h20,22,45H,6-19,21,23-44H2,1-5H3/p+1/b22-20-. The van der Waals surface area contributed by atoms with Crippen LogP contribution in [0.3, 0.4) is 0 Å². The lowest BCUT2D eigenvalue weighted by atomic mass is 10.0. The van der Waals surface area contributed by atoms with E-state index >= 15 is 0 Å². The molecule has 9 nitrogen and oxygen atoms in total. The number of hydrogen-bond acceptors (Lipinski definition) is 7. The Bertz CT molecular complexity index is 985. The second kappa shape index (κ2) is 40.2. The Morgan fingerprint density at radius 3 is 1.30 bits per heavy atom. The Labute approximate surface area is 352 Å². The molecule has 0 radical (unpaired) electrons. The molecule has 0 amide bonds. The maximum Gasteiger partial charge on any atom is 0.472 e. The van der Waals surface area contributed by atoms with E-state index in [0.29, 0.717) is 23.9 Å². The number of unbranched alkanes of at least 4 members (excludes halogenated alkanes) is 28. The van der Waals surface area contributed by atoms with E-state index in [2.05, 4.69) is 26.0 Å². The predicted octanol–water partition coefficient (Wildman–Crippen LogP) is 13.8. The zero-order valence-electron chi connectivity index (χ0n) is 38.1. The maximum absolute atomic E-state index is 12.7. The number of phosphoric acid groups is 1. The largest absolute Gasteiger partial charge is 0.472 e. The third-order valence-corrected chi connectivity index (χ3v) is 11.5. The van der Waals surface area contributed by atoms with Crippen LogP contribution in [0.2, 0.25) is 0 Å². The van der Waals surface area contributed by atoms with Crippen molar-refractivity contribution >= 4 is 19.8 Å². The van der Waals surface area contributed by atoms with Gasteiger partial charge in [-0.1, -0.05) is 187 Å². The fourth-order valence-corrected chi connectivity index (χ4v) is 7.52. The third kappa shape index (κ3) is 44.1. The first-order chi connectivity index (χ1) is 27.5. The number of nitrogens with zero attached hydrogens (tertiary/aromatic N) is 1. The summed E-state index contributed by atoms with van der Waals surface area (Å²) in [5.41, 5.74) is 0. The van der Waals surface area contributed by atoms with Gasteiger partial charge < -0.3 is 18.9 Å². The van der Waals surface area contributed by atoms with Gasteiger partial charge in [0, 0.05) is 12.8 Å². The quantitative estimate of drug-likeness (QED) is 0.0213. The van der Waals surface area contributed by atoms with Crippen LogP contribution < -0.4 is 0 Å². The molecule has 2 atom stereocenters. The number of phosphoric ester groups is 1. The first kappa shape index (κ1) is 55.8. The molecule has 0 aliphatic heterocycles. The van der Waals surface area contributed by atoms with Crippen molar-refractivity contribution in [3.63, 3.8) is 0 Å². The normalized spacial score (nSPS) is 13.6. The minimum Gasteiger partial charge on any atom is -0.462 e. The fourth-order valence-electron chi connectivity index (χ4n) is 6.77. The molecule has 0 aromatic rings. The number of likely N-dealkylation sites (N-methyl/N-ethyl adjacent to an activating group) is 1. The molecule has 0 saturated carbocycles. The van der Waals surface area contributed by atoms with Crippen LogP contribution in [0.25, 0.3) is 0 Å². The molecule has 0 bridgehead atoms. The molecule has 2 unspecified atom stereocenters. The van der Waals surface area contributed by atoms with Gasteiger partial charge in [0.05, 0.1) is 27.7 Å². The number of esters is 2. The van der Waals surface area contributed by atoms with E-state index in [1.54, 1.807) is 0 Å². The lowest BCUT2D eigenvalue weighted by molar-refractivity contribution is -0.870. The maximum atomic E-state index is 12.7. The van der Waals surface area contributed by atoms with E-state index in [1.165, 1.54) is 161 Å². The van der Waals surface area contributed by atoms with Crippen molar-refractivity contribution < 1.29 is 42.1 Å². The second-order valence-electron chi connectivity index (χ2n) is 17.5. The van der Waals surface area contributed by atoms with Gasteiger partial charge in [-0.2, -0.15) is 0 Å². The van der Waals surface area contributed by atoms with E-state index in [9.17, 15) is 19.0 Å². The molecule has 0 aliphatic carbocycles. The molecular formula is C47H93NO8P+. The molecule has 57 heavy (non-hydrogen) atoms. The van der Waals surface area contributed by atoms with Crippen LogP contribution >= 0.6 is 7.82 Å². The molecule has 0 aliphatic rings. The van der Waals surface area contributed by atoms with Crippen LogP contribution in [0.5, 0.6) is 0 Å². The molecular weight excluding hydrogens is 737 g/mol. The van der Waals surface area contributed by atoms with Crippen molar-refractivity contribution in [2.75, 3.05) is 47.5 Å². The number of carbonyl (C=O) groups excluding carboxylic acids is 2. The predicted molar refractivity (Wildman–Crippen MR) is 238 cm³/mol. The SMILES string of the molecule is CCCCCCCC/C=C\CCCCCCCCCCCC(=O)OC(COC(=O)CCCCCCCCCCCCCCCC)COP(=O)(O)OCC[N+](C)(C)C. The molecule has 1 N–H and O–H groups in total. The zero-order valence-corrected chi connectivity index (χ0v) is 39.0. The van der Waals surface area contributed by atoms with Gasteiger partial charge in [0.25, 0.3) is 0 Å². The summed E-state index contributed by atoms with van der Waals surface area (Å²) in [5.74, 6) is -0.789. The highest BCUT2D eigenvalue weighted by molar-refractivity contribution is 7.47. The number of rotatable bonds is 44. The summed E-state index contributed by atoms with van der Waals surface area (Å²) in [7, 11) is 1.49. The van der Waals surface area contributed by atoms with E-state index in [1.807, 2.05) is 21.1 Å². The van der Waals surface area contributed by atoms with Gasteiger partial charge in [0.1, 0.15) is 19.8 Å². The highest BCUT2D eigenvalue weighted by Gasteiger charge is 2.27. The molecule has 0 aromatic carbocycles. The van der Waals surface area contributed by atoms with Crippen LogP contribution in [0.4, 0.5) is 0 Å². The van der Waals surface area contributed by atoms with Gasteiger partial charge in [-0.05, 0) is 38.5 Å². The Kier molecular flexibility index (Phi) is 39.3. The van der Waals surface area contributed by atoms with Crippen molar-refractivity contribution in [2.45, 2.75) is 232 Å². The molecule has 0 saturated heterocycles. The van der Waals surface area contributed by atoms with Crippen LogP contribution in [0.15, 0.2) is 12.2 Å². The number of quaternary nitrogens is 1. The van der Waals surface area contributed by atoms with Gasteiger partial charge in [-0.25, -0.2) is 4.57 Å². The van der Waals surface area contributed by atoms with Crippen molar-refractivity contribution in [3.8, 4) is 0 Å². The summed E-state index contributed by atoms with van der Waals surface area (Å²) in [5, 5.41) is 0. The van der Waals surface area contributed by atoms with Crippen LogP contribution in [0, 0.1) is 0 Å². The van der Waals surface area contributed by atoms with Gasteiger partial charge in [0.2, 0.25) is 0 Å². The van der Waals surface area contributed by atoms with Crippen molar-refractivity contribution in [2.24, 2.45) is 0 Å². The van der Waals surface area contributed by atoms with Gasteiger partial charge >= 0.3 is 19.8 Å². The third-order valence-electron chi connectivity index (χ3n) is 10.5. The van der Waals surface area contributed by atoms with E-state index in [0.717, 1.165) is 32.1 Å². The highest BCUT2D eigenvalue weighted by Crippen LogP contribution is 2.43. The molecule has 10 heteroatoms. The summed E-state index contributed by atoms with van der Waals surface area (Å²) < 4.78 is 34.4. The molecule has 0 fully saturated rings. The van der Waals surface area contributed by atoms with Crippen molar-refractivity contribution in [1.29, 1.82) is 0 Å². The lowest BCUT2D eigenvalue weighted by Crippen LogP contribution is -2.37. The van der Waals surface area contributed by atoms with E-state index in [4.69, 9.17) is 18.5 Å². The topological polar surface area (TPSA) is 108 Å². The summed E-state index contributed by atoms with van der Waals surface area (Å²) in [6.45, 7) is 4.45. The van der Waals surface area contributed by atoms with Gasteiger partial charge in [0.15, 0.2) is 6.10 Å². The first-order valence-electron chi connectivity index (χ1n) is 23.9. The lowest BCUT2D eigenvalue weighted by Gasteiger charge is -2.24. The number of hydrogen-bond donors (Lipinski definition) is 1. The first-order valence-corrected chi connectivity index (χ1v) is 25.4. The minimum atomic E-state index is -4.37. The van der Waals surface area contributed by atoms with Gasteiger partial charge in [-0.15, -0.1) is 0 Å². The van der Waals surface area contributed by atoms with Crippen molar-refractivity contribution in [1.82, 2.24) is 0 Å². The van der Waals surface area contributed by atoms with Crippen LogP contribution in [-0.4, -0.2) is 74.9 Å². The Hall–Kier alpha value is -1.25. The number of carbonyl (C=O) groups is 2. The second-order valence-corrected chi connectivity index (χ2v) is 19.0. The average molecular weight is 831 g/mol. The fraction of sp³-hybridized carbons (Fsp3) is 0.915. The molecule has 0 aromatic heterocycles. The zero-order chi connectivity index (χ0) is 42.1. The van der Waals surface area contributed by atoms with Gasteiger partial charge in [-0.3, -0.25) is 18.6 Å². The summed E-state index contributed by atoms with van der Waals surface area (Å²) in [6, 6.07) is 0. The number of allylic oxidation sites excluding steroid dienone is 2. The van der Waals surface area contributed by atoms with Crippen LogP contribution in [0.1, 0.15) is 226 Å². The average Bonchev–Trinajstić information content (AvgIpc) is 3.16. The highest BCUT2D eigenvalue weighted by atomic mass is 31.2. The summed E-state index contributed by atoms with van der Waals surface area (Å²) >= 11 is 0. The Morgan fingerprint density at radius 1 is 0.526 bits per heavy atom. The smallest absolute Gasteiger partial charge is 0.462 e. The van der Waals surface area contributed by atoms with Crippen LogP contribution in [-0.2, 0) is 32.7 Å². The molecule has 338 valence electrons. The Balaban J connectivity index is 4.27. The monoisotopic (exact) mass is 831 g/mol. The Morgan fingerprint density at radius 2 is 0.895 bits per heavy atom. The summed E-state index contributed by atoms with van der Waals surface area (Å²) in [4.78, 5) is 35.4. The van der Waals surface area contributed by atoms with E-state index < -0.39 is 26.5 Å². The number of ether oxygens (including phenoxy) is 2. The van der Waals surface area contributed by atoms with Crippen molar-refractivity contribution in [3.05, 3.63) is 12.2 Å². The molecule has 0 heterocycles.